The van der Waals surface area contributed by atoms with Crippen molar-refractivity contribution < 1.29 is 4.79 Å². The Morgan fingerprint density at radius 2 is 1.83 bits per heavy atom. The van der Waals surface area contributed by atoms with Crippen LogP contribution in [0.15, 0.2) is 29.4 Å². The van der Waals surface area contributed by atoms with Gasteiger partial charge in [0.1, 0.15) is 0 Å². The Bertz CT molecular complexity index is 819. The number of nitrogen functional groups attached to an aromatic ring is 1. The number of aromatic nitrogens is 3. The highest BCUT2D eigenvalue weighted by molar-refractivity contribution is 7.99. The molecule has 0 atom stereocenters. The van der Waals surface area contributed by atoms with E-state index in [4.69, 9.17) is 5.84 Å². The Labute approximate surface area is 178 Å². The lowest BCUT2D eigenvalue weighted by molar-refractivity contribution is -0.131. The zero-order valence-corrected chi connectivity index (χ0v) is 18.8. The van der Waals surface area contributed by atoms with Crippen LogP contribution in [0.3, 0.4) is 0 Å². The van der Waals surface area contributed by atoms with Crippen LogP contribution in [0.5, 0.6) is 0 Å². The normalized spacial score (nSPS) is 15.4. The number of carbonyl (C=O) groups excluding carboxylic acids is 1. The lowest BCUT2D eigenvalue weighted by atomic mass is 9.87. The molecule has 1 aliphatic carbocycles. The van der Waals surface area contributed by atoms with E-state index in [9.17, 15) is 4.79 Å². The number of nitrogens with zero attached hydrogens (tertiary/aromatic N) is 4. The van der Waals surface area contributed by atoms with Crippen LogP contribution in [0.1, 0.15) is 65.4 Å². The number of rotatable bonds is 6. The average molecular weight is 416 g/mol. The van der Waals surface area contributed by atoms with E-state index < -0.39 is 0 Å². The fraction of sp³-hybridized carbons (Fsp3) is 0.591. The van der Waals surface area contributed by atoms with Gasteiger partial charge in [-0.15, -0.1) is 10.2 Å². The largest absolute Gasteiger partial charge is 0.339 e. The van der Waals surface area contributed by atoms with Gasteiger partial charge in [-0.25, -0.2) is 4.68 Å². The minimum Gasteiger partial charge on any atom is -0.339 e. The SMILES string of the molecule is CCN(C(=O)CSc1nnc(-c2ccc(C(C)(C)C)cc2)n1N)C1CCCCC1. The van der Waals surface area contributed by atoms with Gasteiger partial charge in [0, 0.05) is 18.2 Å². The van der Waals surface area contributed by atoms with Crippen molar-refractivity contribution in [3.8, 4) is 11.4 Å². The second-order valence-electron chi connectivity index (χ2n) is 8.76. The lowest BCUT2D eigenvalue weighted by Crippen LogP contribution is -2.42. The third kappa shape index (κ3) is 5.13. The monoisotopic (exact) mass is 415 g/mol. The van der Waals surface area contributed by atoms with Crippen molar-refractivity contribution in [3.05, 3.63) is 29.8 Å². The summed E-state index contributed by atoms with van der Waals surface area (Å²) < 4.78 is 1.49. The van der Waals surface area contributed by atoms with E-state index in [0.717, 1.165) is 24.9 Å². The van der Waals surface area contributed by atoms with E-state index in [1.165, 1.54) is 41.3 Å². The van der Waals surface area contributed by atoms with Gasteiger partial charge in [0.25, 0.3) is 0 Å². The predicted octanol–water partition coefficient (Wildman–Crippen LogP) is 4.23. The zero-order chi connectivity index (χ0) is 21.0. The first-order chi connectivity index (χ1) is 13.8. The summed E-state index contributed by atoms with van der Waals surface area (Å²) in [7, 11) is 0. The molecule has 7 heteroatoms. The van der Waals surface area contributed by atoms with E-state index >= 15 is 0 Å². The molecule has 0 spiro atoms. The van der Waals surface area contributed by atoms with Crippen LogP contribution in [0.4, 0.5) is 0 Å². The van der Waals surface area contributed by atoms with Crippen molar-refractivity contribution in [2.45, 2.75) is 76.4 Å². The predicted molar refractivity (Wildman–Crippen MR) is 119 cm³/mol. The van der Waals surface area contributed by atoms with E-state index in [-0.39, 0.29) is 11.3 Å². The molecule has 0 aliphatic heterocycles. The van der Waals surface area contributed by atoms with Gasteiger partial charge in [-0.3, -0.25) is 4.79 Å². The summed E-state index contributed by atoms with van der Waals surface area (Å²) in [6.07, 6.45) is 5.96. The quantitative estimate of drug-likeness (QED) is 0.564. The van der Waals surface area contributed by atoms with Gasteiger partial charge in [0.15, 0.2) is 5.82 Å². The molecule has 0 unspecified atom stereocenters. The third-order valence-electron chi connectivity index (χ3n) is 5.67. The minimum atomic E-state index is 0.0970. The number of thioether (sulfide) groups is 1. The molecule has 1 aliphatic rings. The molecular formula is C22H33N5OS. The van der Waals surface area contributed by atoms with Crippen LogP contribution >= 0.6 is 11.8 Å². The molecule has 1 aromatic carbocycles. The number of carbonyl (C=O) groups is 1. The number of nitrogens with two attached hydrogens (primary N) is 1. The van der Waals surface area contributed by atoms with Crippen molar-refractivity contribution in [3.63, 3.8) is 0 Å². The molecule has 6 nitrogen and oxygen atoms in total. The average Bonchev–Trinajstić information content (AvgIpc) is 3.07. The Morgan fingerprint density at radius 1 is 1.17 bits per heavy atom. The van der Waals surface area contributed by atoms with Gasteiger partial charge < -0.3 is 10.7 Å². The summed E-state index contributed by atoms with van der Waals surface area (Å²) in [5, 5.41) is 9.03. The molecule has 0 bridgehead atoms. The summed E-state index contributed by atoms with van der Waals surface area (Å²) >= 11 is 1.36. The second kappa shape index (κ2) is 9.20. The van der Waals surface area contributed by atoms with E-state index in [2.05, 4.69) is 50.0 Å². The minimum absolute atomic E-state index is 0.0970. The Morgan fingerprint density at radius 3 is 2.41 bits per heavy atom. The summed E-state index contributed by atoms with van der Waals surface area (Å²) in [6.45, 7) is 9.37. The first kappa shape index (κ1) is 21.7. The van der Waals surface area contributed by atoms with Crippen molar-refractivity contribution >= 4 is 17.7 Å². The lowest BCUT2D eigenvalue weighted by Gasteiger charge is -2.33. The summed E-state index contributed by atoms with van der Waals surface area (Å²) in [5.41, 5.74) is 2.27. The van der Waals surface area contributed by atoms with Gasteiger partial charge in [0.05, 0.1) is 5.75 Å². The maximum Gasteiger partial charge on any atom is 0.233 e. The third-order valence-corrected chi connectivity index (χ3v) is 6.60. The molecule has 29 heavy (non-hydrogen) atoms. The van der Waals surface area contributed by atoms with Gasteiger partial charge in [0.2, 0.25) is 11.1 Å². The topological polar surface area (TPSA) is 77.0 Å². The molecule has 1 fully saturated rings. The highest BCUT2D eigenvalue weighted by Gasteiger charge is 2.25. The number of amides is 1. The molecule has 1 aromatic heterocycles. The van der Waals surface area contributed by atoms with Gasteiger partial charge in [-0.2, -0.15) is 0 Å². The molecular weight excluding hydrogens is 382 g/mol. The Kier molecular flexibility index (Phi) is 6.88. The van der Waals surface area contributed by atoms with Crippen molar-refractivity contribution in [1.82, 2.24) is 19.8 Å². The fourth-order valence-electron chi connectivity index (χ4n) is 3.93. The van der Waals surface area contributed by atoms with Gasteiger partial charge in [-0.05, 0) is 30.7 Å². The molecule has 1 amide bonds. The van der Waals surface area contributed by atoms with Crippen molar-refractivity contribution in [2.24, 2.45) is 0 Å². The summed E-state index contributed by atoms with van der Waals surface area (Å²) in [6, 6.07) is 8.63. The summed E-state index contributed by atoms with van der Waals surface area (Å²) in [5.74, 6) is 7.35. The van der Waals surface area contributed by atoms with Crippen LogP contribution in [0.25, 0.3) is 11.4 Å². The summed E-state index contributed by atoms with van der Waals surface area (Å²) in [4.78, 5) is 14.8. The Hall–Kier alpha value is -2.02. The first-order valence-corrected chi connectivity index (χ1v) is 11.5. The highest BCUT2D eigenvalue weighted by atomic mass is 32.2. The first-order valence-electron chi connectivity index (χ1n) is 10.5. The number of benzene rings is 1. The molecule has 2 N–H and O–H groups in total. The standard InChI is InChI=1S/C22H33N5OS/c1-5-26(18-9-7-6-8-10-18)19(28)15-29-21-25-24-20(27(21)23)16-11-13-17(14-12-16)22(2,3)4/h11-14,18H,5-10,15,23H2,1-4H3. The number of hydrogen-bond acceptors (Lipinski definition) is 5. The smallest absolute Gasteiger partial charge is 0.233 e. The van der Waals surface area contributed by atoms with Crippen LogP contribution in [-0.4, -0.2) is 44.0 Å². The van der Waals surface area contributed by atoms with E-state index in [0.29, 0.717) is 22.8 Å². The maximum absolute atomic E-state index is 12.8. The second-order valence-corrected chi connectivity index (χ2v) is 9.71. The highest BCUT2D eigenvalue weighted by Crippen LogP contribution is 2.27. The maximum atomic E-state index is 12.8. The van der Waals surface area contributed by atoms with Gasteiger partial charge >= 0.3 is 0 Å². The fourth-order valence-corrected chi connectivity index (χ4v) is 4.67. The van der Waals surface area contributed by atoms with E-state index in [1.807, 2.05) is 17.0 Å². The van der Waals surface area contributed by atoms with E-state index in [1.54, 1.807) is 0 Å². The molecule has 1 saturated carbocycles. The van der Waals surface area contributed by atoms with Crippen LogP contribution in [0, 0.1) is 0 Å². The molecule has 0 saturated heterocycles. The molecule has 158 valence electrons. The van der Waals surface area contributed by atoms with Crippen LogP contribution < -0.4 is 5.84 Å². The van der Waals surface area contributed by atoms with Gasteiger partial charge in [-0.1, -0.05) is 76.1 Å². The molecule has 1 heterocycles. The number of hydrogen-bond donors (Lipinski definition) is 1. The molecule has 2 aromatic rings. The zero-order valence-electron chi connectivity index (χ0n) is 18.0. The Balaban J connectivity index is 1.65. The van der Waals surface area contributed by atoms with Crippen LogP contribution in [0.2, 0.25) is 0 Å². The molecule has 0 radical (unpaired) electrons. The van der Waals surface area contributed by atoms with Crippen LogP contribution in [-0.2, 0) is 10.2 Å². The van der Waals surface area contributed by atoms with Crippen molar-refractivity contribution in [2.75, 3.05) is 18.1 Å². The van der Waals surface area contributed by atoms with Crippen molar-refractivity contribution in [1.29, 1.82) is 0 Å². The molecule has 3 rings (SSSR count).